The number of alkyl halides is 3. The summed E-state index contributed by atoms with van der Waals surface area (Å²) in [5.41, 5.74) is 8.66. The molecule has 3 heterocycles. The van der Waals surface area contributed by atoms with Gasteiger partial charge in [-0.3, -0.25) is 14.9 Å². The zero-order valence-corrected chi connectivity index (χ0v) is 33.2. The number of hydrogen-bond acceptors (Lipinski definition) is 11. The van der Waals surface area contributed by atoms with Gasteiger partial charge in [-0.05, 0) is 90.9 Å². The lowest BCUT2D eigenvalue weighted by Gasteiger charge is -2.32. The van der Waals surface area contributed by atoms with Crippen LogP contribution in [0.15, 0.2) is 84.1 Å². The molecule has 1 unspecified atom stereocenters. The molecule has 17 heteroatoms. The largest absolute Gasteiger partial charge is 0.491 e. The molecule has 306 valence electrons. The molecule has 0 amide bonds. The fraction of sp³-hybridized carbons (Fsp3) is 0.317. The fourth-order valence-corrected chi connectivity index (χ4v) is 7.32. The highest BCUT2D eigenvalue weighted by atomic mass is 35.5. The maximum absolute atomic E-state index is 14.1. The maximum Gasteiger partial charge on any atom is 0.407 e. The number of benzene rings is 3. The van der Waals surface area contributed by atoms with Crippen molar-refractivity contribution in [1.29, 1.82) is 0 Å². The molecule has 11 nitrogen and oxygen atoms in total. The van der Waals surface area contributed by atoms with E-state index in [1.807, 2.05) is 13.0 Å². The third-order valence-corrected chi connectivity index (χ3v) is 10.7. The average Bonchev–Trinajstić information content (AvgIpc) is 3.61. The van der Waals surface area contributed by atoms with Gasteiger partial charge in [-0.2, -0.15) is 17.5 Å². The molecule has 1 aliphatic heterocycles. The van der Waals surface area contributed by atoms with Gasteiger partial charge in [0.05, 0.1) is 26.5 Å². The van der Waals surface area contributed by atoms with E-state index in [1.54, 1.807) is 48.7 Å². The Morgan fingerprint density at radius 2 is 1.81 bits per heavy atom. The van der Waals surface area contributed by atoms with Gasteiger partial charge in [-0.25, -0.2) is 9.18 Å². The number of carboxylic acids is 1. The van der Waals surface area contributed by atoms with Crippen molar-refractivity contribution in [2.24, 2.45) is 10.7 Å². The minimum atomic E-state index is -4.53. The van der Waals surface area contributed by atoms with Crippen molar-refractivity contribution in [3.05, 3.63) is 101 Å². The van der Waals surface area contributed by atoms with Gasteiger partial charge >= 0.3 is 12.1 Å². The summed E-state index contributed by atoms with van der Waals surface area (Å²) in [4.78, 5) is 25.7. The highest BCUT2D eigenvalue weighted by Crippen LogP contribution is 2.46. The summed E-state index contributed by atoms with van der Waals surface area (Å²) in [6, 6.07) is 16.0. The number of hydrogen-bond donors (Lipinski definition) is 2. The van der Waals surface area contributed by atoms with E-state index in [4.69, 9.17) is 36.5 Å². The van der Waals surface area contributed by atoms with Crippen LogP contribution >= 0.6 is 23.1 Å². The Kier molecular flexibility index (Phi) is 13.8. The monoisotopic (exact) mass is 840 g/mol. The van der Waals surface area contributed by atoms with Gasteiger partial charge in [0.25, 0.3) is 0 Å². The second-order valence-corrected chi connectivity index (χ2v) is 14.8. The van der Waals surface area contributed by atoms with Crippen LogP contribution in [0.3, 0.4) is 0 Å². The number of carbonyl (C=O) groups is 1. The third-order valence-electron chi connectivity index (χ3n) is 9.52. The number of pyridine rings is 1. The Bertz CT molecular complexity index is 2280. The van der Waals surface area contributed by atoms with Gasteiger partial charge in [0.2, 0.25) is 12.0 Å². The number of carboxylic acid groups (broad SMARTS) is 1. The first-order chi connectivity index (χ1) is 27.8. The summed E-state index contributed by atoms with van der Waals surface area (Å²) in [5.74, 6) is -1.00. The summed E-state index contributed by atoms with van der Waals surface area (Å²) < 4.78 is 76.0. The van der Waals surface area contributed by atoms with E-state index in [9.17, 15) is 27.5 Å². The van der Waals surface area contributed by atoms with Crippen molar-refractivity contribution in [3.63, 3.8) is 0 Å². The van der Waals surface area contributed by atoms with Crippen LogP contribution in [-0.4, -0.2) is 108 Å². The lowest BCUT2D eigenvalue weighted by molar-refractivity contribution is -0.145. The summed E-state index contributed by atoms with van der Waals surface area (Å²) in [5, 5.41) is 11.3. The number of piperazine rings is 1. The van der Waals surface area contributed by atoms with E-state index in [1.165, 1.54) is 18.2 Å². The Hall–Kier alpha value is -5.29. The molecule has 1 aliphatic rings. The van der Waals surface area contributed by atoms with E-state index in [-0.39, 0.29) is 30.4 Å². The predicted molar refractivity (Wildman–Crippen MR) is 217 cm³/mol. The number of nitrogens with zero attached hydrogens (tertiary/aromatic N) is 5. The molecule has 0 radical (unpaired) electrons. The summed E-state index contributed by atoms with van der Waals surface area (Å²) in [6.07, 6.45) is -2.38. The van der Waals surface area contributed by atoms with Crippen LogP contribution in [0.2, 0.25) is 5.02 Å². The van der Waals surface area contributed by atoms with Crippen molar-refractivity contribution in [2.45, 2.75) is 25.6 Å². The van der Waals surface area contributed by atoms with Crippen molar-refractivity contribution in [2.75, 3.05) is 59.5 Å². The number of nitrogens with two attached hydrogens (primary N) is 1. The quantitative estimate of drug-likeness (QED) is 0.0753. The molecule has 3 N–H and O–H groups in total. The molecule has 0 spiro atoms. The molecular weight excluding hydrogens is 800 g/mol. The number of aliphatic carboxylic acids is 1. The lowest BCUT2D eigenvalue weighted by atomic mass is 9.93. The highest BCUT2D eigenvalue weighted by molar-refractivity contribution is 7.13. The maximum atomic E-state index is 14.1. The number of fused-ring (bicyclic) bond motifs is 1. The summed E-state index contributed by atoms with van der Waals surface area (Å²) in [7, 11) is 2.10. The van der Waals surface area contributed by atoms with E-state index < -0.39 is 30.6 Å². The number of halogens is 5. The molecule has 3 aromatic carbocycles. The number of ether oxygens (including phenoxy) is 3. The van der Waals surface area contributed by atoms with Gasteiger partial charge < -0.3 is 30.0 Å². The molecule has 58 heavy (non-hydrogen) atoms. The zero-order chi connectivity index (χ0) is 41.4. The minimum Gasteiger partial charge on any atom is -0.491 e. The Balaban J connectivity index is 1.33. The van der Waals surface area contributed by atoms with Crippen LogP contribution in [0.1, 0.15) is 11.1 Å². The zero-order valence-electron chi connectivity index (χ0n) is 31.6. The molecular formula is C41H41ClF4N6O5S. The van der Waals surface area contributed by atoms with Crippen LogP contribution in [0.25, 0.3) is 32.5 Å². The third kappa shape index (κ3) is 10.6. The molecule has 6 rings (SSSR count). The van der Waals surface area contributed by atoms with Crippen LogP contribution in [0.5, 0.6) is 17.4 Å². The number of rotatable bonds is 16. The normalized spacial score (nSPS) is 14.9. The van der Waals surface area contributed by atoms with Crippen molar-refractivity contribution >= 4 is 44.9 Å². The van der Waals surface area contributed by atoms with E-state index in [2.05, 4.69) is 26.2 Å². The van der Waals surface area contributed by atoms with Crippen LogP contribution in [0.4, 0.5) is 17.6 Å². The number of aromatic nitrogens is 2. The second-order valence-electron chi connectivity index (χ2n) is 13.6. The smallest absolute Gasteiger partial charge is 0.407 e. The molecule has 1 saturated heterocycles. The number of likely N-dealkylation sites (N-methyl/N-ethyl adjacent to an activating group) is 1. The van der Waals surface area contributed by atoms with Gasteiger partial charge in [0, 0.05) is 56.5 Å². The number of para-hydroxylation sites is 1. The first-order valence-corrected chi connectivity index (χ1v) is 19.4. The standard InChI is InChI=1S/C41H41ClF4N6O5S/c1-25-30(11-12-32(37(25)42)55-20-19-52-17-15-51(2)16-18-52)35-36-34(22-48-38(35)26-7-9-28(43)10-8-26)58-50-39(36)57-33(40(53)54)21-27-5-3-4-6-31(27)56-23-29(13-14-47)49-24-41(44,45)46/h3-14,22,33H,15-21,23-24,47H2,1-2H3,(H,53,54). The number of aliphatic imine (C=N–C) groups is 1. The van der Waals surface area contributed by atoms with Crippen molar-refractivity contribution < 1.29 is 41.7 Å². The SMILES string of the molecule is Cc1c(-c2c(-c3ccc(F)cc3)ncc3snc(OC(Cc4ccccc4OCC(C=CN)=NCC(F)(F)F)C(=O)O)c23)ccc(OCCN2CCN(C)CC2)c1Cl. The van der Waals surface area contributed by atoms with Crippen molar-refractivity contribution in [1.82, 2.24) is 19.2 Å². The van der Waals surface area contributed by atoms with Gasteiger partial charge in [0.15, 0.2) is 0 Å². The highest BCUT2D eigenvalue weighted by Gasteiger charge is 2.29. The molecule has 0 bridgehead atoms. The Labute approximate surface area is 341 Å². The Morgan fingerprint density at radius 1 is 1.07 bits per heavy atom. The van der Waals surface area contributed by atoms with E-state index >= 15 is 0 Å². The van der Waals surface area contributed by atoms with Crippen LogP contribution in [-0.2, 0) is 11.2 Å². The molecule has 1 atom stereocenters. The van der Waals surface area contributed by atoms with Gasteiger partial charge in [0.1, 0.15) is 37.1 Å². The molecule has 5 aromatic rings. The lowest BCUT2D eigenvalue weighted by Crippen LogP contribution is -2.45. The van der Waals surface area contributed by atoms with Crippen LogP contribution in [0, 0.1) is 12.7 Å². The Morgan fingerprint density at radius 3 is 2.52 bits per heavy atom. The summed E-state index contributed by atoms with van der Waals surface area (Å²) in [6.45, 7) is 5.13. The summed E-state index contributed by atoms with van der Waals surface area (Å²) >= 11 is 8.05. The van der Waals surface area contributed by atoms with E-state index in [0.717, 1.165) is 50.5 Å². The van der Waals surface area contributed by atoms with Gasteiger partial charge in [-0.1, -0.05) is 35.9 Å². The van der Waals surface area contributed by atoms with E-state index in [0.29, 0.717) is 61.0 Å². The van der Waals surface area contributed by atoms with Gasteiger partial charge in [-0.15, -0.1) is 0 Å². The molecule has 1 fully saturated rings. The predicted octanol–water partition coefficient (Wildman–Crippen LogP) is 7.68. The topological polar surface area (TPSA) is 136 Å². The average molecular weight is 841 g/mol. The molecule has 2 aromatic heterocycles. The first-order valence-electron chi connectivity index (χ1n) is 18.3. The molecule has 0 saturated carbocycles. The van der Waals surface area contributed by atoms with Crippen LogP contribution < -0.4 is 19.9 Å². The fourth-order valence-electron chi connectivity index (χ4n) is 6.41. The van der Waals surface area contributed by atoms with Crippen molar-refractivity contribution in [3.8, 4) is 39.8 Å². The minimum absolute atomic E-state index is 0.0178. The second kappa shape index (κ2) is 19.0. The molecule has 0 aliphatic carbocycles. The first kappa shape index (κ1) is 42.3.